The standard InChI is InChI=1S/C5H6NO3PS/c7-10(8,11)9-6-4-2-1-3-5-6/h1-5H,(H-,7,8,11)/p+1. The van der Waals surface area contributed by atoms with Crippen molar-refractivity contribution in [2.24, 2.45) is 0 Å². The molecule has 0 spiro atoms. The average Bonchev–Trinajstić information content (AvgIpc) is 1.85. The number of aromatic nitrogens is 1. The molecule has 1 aromatic rings. The molecule has 0 aliphatic rings. The van der Waals surface area contributed by atoms with E-state index in [0.29, 0.717) is 0 Å². The number of nitrogens with zero attached hydrogens (tertiary/aromatic N) is 1. The van der Waals surface area contributed by atoms with E-state index in [-0.39, 0.29) is 0 Å². The third kappa shape index (κ3) is 3.43. The zero-order chi connectivity index (χ0) is 8.32. The van der Waals surface area contributed by atoms with E-state index in [0.717, 1.165) is 4.73 Å². The fourth-order valence-electron chi connectivity index (χ4n) is 0.560. The van der Waals surface area contributed by atoms with Gasteiger partial charge in [0, 0.05) is 28.7 Å². The van der Waals surface area contributed by atoms with Crippen LogP contribution in [-0.2, 0) is 11.8 Å². The maximum atomic E-state index is 8.71. The van der Waals surface area contributed by atoms with Crippen LogP contribution in [0, 0.1) is 0 Å². The molecule has 0 radical (unpaired) electrons. The molecule has 0 bridgehead atoms. The van der Waals surface area contributed by atoms with E-state index in [2.05, 4.69) is 16.4 Å². The first-order valence-corrected chi connectivity index (χ1v) is 5.42. The molecule has 0 saturated heterocycles. The monoisotopic (exact) mass is 192 g/mol. The highest BCUT2D eigenvalue weighted by atomic mass is 32.5. The van der Waals surface area contributed by atoms with Crippen LogP contribution in [0.15, 0.2) is 30.6 Å². The maximum absolute atomic E-state index is 8.71. The molecule has 0 aromatic carbocycles. The van der Waals surface area contributed by atoms with Gasteiger partial charge in [-0.3, -0.25) is 0 Å². The van der Waals surface area contributed by atoms with Gasteiger partial charge in [0.25, 0.3) is 0 Å². The van der Waals surface area contributed by atoms with Gasteiger partial charge in [0.2, 0.25) is 12.4 Å². The quantitative estimate of drug-likeness (QED) is 0.495. The Labute approximate surface area is 68.9 Å². The molecule has 2 N–H and O–H groups in total. The molecule has 0 amide bonds. The van der Waals surface area contributed by atoms with E-state index < -0.39 is 6.72 Å². The van der Waals surface area contributed by atoms with E-state index in [9.17, 15) is 0 Å². The second kappa shape index (κ2) is 3.28. The lowest BCUT2D eigenvalue weighted by Gasteiger charge is -2.00. The predicted molar refractivity (Wildman–Crippen MR) is 41.9 cm³/mol. The van der Waals surface area contributed by atoms with E-state index in [4.69, 9.17) is 9.79 Å². The van der Waals surface area contributed by atoms with Gasteiger partial charge >= 0.3 is 6.72 Å². The molecule has 0 aliphatic carbocycles. The van der Waals surface area contributed by atoms with E-state index in [1.54, 1.807) is 18.2 Å². The molecule has 0 aliphatic heterocycles. The van der Waals surface area contributed by atoms with Crippen LogP contribution in [-0.4, -0.2) is 9.79 Å². The van der Waals surface area contributed by atoms with Gasteiger partial charge in [-0.25, -0.2) is 0 Å². The fraction of sp³-hybridized carbons (Fsp3) is 0. The smallest absolute Gasteiger partial charge is 0.311 e. The second-order valence-corrected chi connectivity index (χ2v) is 4.38. The summed E-state index contributed by atoms with van der Waals surface area (Å²) in [7, 11) is 0. The molecule has 0 unspecified atom stereocenters. The van der Waals surface area contributed by atoms with Crippen LogP contribution in [0.1, 0.15) is 0 Å². The Morgan fingerprint density at radius 3 is 2.18 bits per heavy atom. The normalized spacial score (nSPS) is 11.1. The minimum absolute atomic E-state index is 1.15. The third-order valence-electron chi connectivity index (χ3n) is 0.889. The van der Waals surface area contributed by atoms with Crippen molar-refractivity contribution in [3.63, 3.8) is 0 Å². The summed E-state index contributed by atoms with van der Waals surface area (Å²) >= 11 is 4.25. The number of hydrogen-bond acceptors (Lipinski definition) is 2. The number of pyridine rings is 1. The van der Waals surface area contributed by atoms with Crippen LogP contribution in [0.4, 0.5) is 0 Å². The van der Waals surface area contributed by atoms with Gasteiger partial charge in [-0.05, 0) is 0 Å². The highest BCUT2D eigenvalue weighted by molar-refractivity contribution is 8.06. The van der Waals surface area contributed by atoms with Gasteiger partial charge < -0.3 is 9.79 Å². The molecule has 60 valence electrons. The van der Waals surface area contributed by atoms with Crippen molar-refractivity contribution in [3.8, 4) is 0 Å². The number of hydrogen-bond donors (Lipinski definition) is 2. The van der Waals surface area contributed by atoms with E-state index >= 15 is 0 Å². The molecular weight excluding hydrogens is 185 g/mol. The summed E-state index contributed by atoms with van der Waals surface area (Å²) in [6.45, 7) is -3.59. The first-order valence-electron chi connectivity index (χ1n) is 2.80. The lowest BCUT2D eigenvalue weighted by atomic mass is 10.5. The zero-order valence-electron chi connectivity index (χ0n) is 5.49. The fourth-order valence-corrected chi connectivity index (χ4v) is 1.15. The average molecular weight is 192 g/mol. The molecule has 4 nitrogen and oxygen atoms in total. The summed E-state index contributed by atoms with van der Waals surface area (Å²) in [5.41, 5.74) is 0. The van der Waals surface area contributed by atoms with Crippen LogP contribution in [0.2, 0.25) is 0 Å². The lowest BCUT2D eigenvalue weighted by molar-refractivity contribution is -0.859. The Morgan fingerprint density at radius 1 is 1.18 bits per heavy atom. The van der Waals surface area contributed by atoms with Crippen molar-refractivity contribution in [1.29, 1.82) is 0 Å². The first-order chi connectivity index (χ1) is 5.08. The van der Waals surface area contributed by atoms with Gasteiger partial charge in [0.05, 0.1) is 0 Å². The zero-order valence-corrected chi connectivity index (χ0v) is 7.20. The van der Waals surface area contributed by atoms with Crippen LogP contribution in [0.5, 0.6) is 0 Å². The minimum atomic E-state index is -3.59. The van der Waals surface area contributed by atoms with Crippen LogP contribution < -0.4 is 9.35 Å². The Hall–Kier alpha value is -0.480. The summed E-state index contributed by atoms with van der Waals surface area (Å²) < 4.78 is 5.71. The Morgan fingerprint density at radius 2 is 1.73 bits per heavy atom. The topological polar surface area (TPSA) is 53.6 Å². The SMILES string of the molecule is OP(O)(=S)O[n+]1ccccc1. The molecule has 11 heavy (non-hydrogen) atoms. The van der Waals surface area contributed by atoms with Crippen molar-refractivity contribution < 1.29 is 19.1 Å². The van der Waals surface area contributed by atoms with Crippen molar-refractivity contribution >= 4 is 18.5 Å². The molecular formula is C5H7NO3PS+. The van der Waals surface area contributed by atoms with Gasteiger partial charge in [0.1, 0.15) is 0 Å². The summed E-state index contributed by atoms with van der Waals surface area (Å²) in [6.07, 6.45) is 3.04. The first kappa shape index (κ1) is 8.62. The van der Waals surface area contributed by atoms with Crippen molar-refractivity contribution in [2.45, 2.75) is 0 Å². The van der Waals surface area contributed by atoms with Crippen molar-refractivity contribution in [2.75, 3.05) is 0 Å². The summed E-state index contributed by atoms with van der Waals surface area (Å²) in [4.78, 5) is 17.4. The molecule has 0 atom stereocenters. The summed E-state index contributed by atoms with van der Waals surface area (Å²) in [6, 6.07) is 5.15. The van der Waals surface area contributed by atoms with Gasteiger partial charge in [-0.15, -0.1) is 0 Å². The highest BCUT2D eigenvalue weighted by Crippen LogP contribution is 2.29. The lowest BCUT2D eigenvalue weighted by Crippen LogP contribution is -2.39. The van der Waals surface area contributed by atoms with Crippen LogP contribution in [0.25, 0.3) is 0 Å². The second-order valence-electron chi connectivity index (χ2n) is 1.81. The van der Waals surface area contributed by atoms with Gasteiger partial charge in [0.15, 0.2) is 0 Å². The third-order valence-corrected chi connectivity index (χ3v) is 1.49. The van der Waals surface area contributed by atoms with Gasteiger partial charge in [-0.2, -0.15) is 4.62 Å². The highest BCUT2D eigenvalue weighted by Gasteiger charge is 2.15. The predicted octanol–water partition coefficient (Wildman–Crippen LogP) is -0.388. The Balaban J connectivity index is 2.74. The summed E-state index contributed by atoms with van der Waals surface area (Å²) in [5, 5.41) is 0. The van der Waals surface area contributed by atoms with Crippen LogP contribution in [0.3, 0.4) is 0 Å². The van der Waals surface area contributed by atoms with Crippen LogP contribution >= 0.6 is 6.72 Å². The minimum Gasteiger partial charge on any atom is -0.311 e. The number of rotatable bonds is 2. The molecule has 1 rings (SSSR count). The van der Waals surface area contributed by atoms with Crippen molar-refractivity contribution in [1.82, 2.24) is 0 Å². The van der Waals surface area contributed by atoms with Gasteiger partial charge in [-0.1, -0.05) is 6.07 Å². The van der Waals surface area contributed by atoms with E-state index in [1.165, 1.54) is 12.4 Å². The van der Waals surface area contributed by atoms with Crippen molar-refractivity contribution in [3.05, 3.63) is 30.6 Å². The molecule has 6 heteroatoms. The summed E-state index contributed by atoms with van der Waals surface area (Å²) in [5.74, 6) is 0. The molecule has 1 aromatic heterocycles. The molecule has 0 fully saturated rings. The Kier molecular flexibility index (Phi) is 2.57. The largest absolute Gasteiger partial charge is 0.442 e. The van der Waals surface area contributed by atoms with E-state index in [1.807, 2.05) is 0 Å². The molecule has 0 saturated carbocycles. The Bertz CT molecular complexity index is 272. The molecule has 1 heterocycles. The maximum Gasteiger partial charge on any atom is 0.442 e.